The number of carbonyl (C=O) groups is 2. The van der Waals surface area contributed by atoms with Gasteiger partial charge >= 0.3 is 0 Å². The molecule has 3 rings (SSSR count). The Hall–Kier alpha value is -3.60. The summed E-state index contributed by atoms with van der Waals surface area (Å²) in [7, 11) is 0. The van der Waals surface area contributed by atoms with E-state index in [4.69, 9.17) is 4.42 Å². The van der Waals surface area contributed by atoms with E-state index in [0.717, 1.165) is 16.9 Å². The van der Waals surface area contributed by atoms with E-state index in [1.54, 1.807) is 36.4 Å². The van der Waals surface area contributed by atoms with Crippen molar-refractivity contribution in [1.82, 2.24) is 5.32 Å². The predicted molar refractivity (Wildman–Crippen MR) is 110 cm³/mol. The van der Waals surface area contributed by atoms with Gasteiger partial charge in [0, 0.05) is 17.3 Å². The van der Waals surface area contributed by atoms with Crippen LogP contribution in [0.25, 0.3) is 6.08 Å². The molecule has 0 aliphatic heterocycles. The number of hydrogen-bond donors (Lipinski definition) is 2. The molecule has 142 valence electrons. The van der Waals surface area contributed by atoms with Crippen LogP contribution < -0.4 is 10.6 Å². The Kier molecular flexibility index (Phi) is 5.75. The summed E-state index contributed by atoms with van der Waals surface area (Å²) in [5.74, 6) is 0.407. The molecular weight excluding hydrogens is 352 g/mol. The molecular formula is C23H22N2O3. The van der Waals surface area contributed by atoms with Gasteiger partial charge in [0.1, 0.15) is 17.2 Å². The van der Waals surface area contributed by atoms with Crippen LogP contribution in [0.1, 0.15) is 33.0 Å². The highest BCUT2D eigenvalue weighted by Gasteiger charge is 2.16. The van der Waals surface area contributed by atoms with Gasteiger partial charge < -0.3 is 15.1 Å². The zero-order chi connectivity index (χ0) is 20.1. The molecule has 0 aliphatic carbocycles. The maximum atomic E-state index is 12.8. The van der Waals surface area contributed by atoms with Crippen LogP contribution in [0.5, 0.6) is 0 Å². The Balaban J connectivity index is 1.87. The lowest BCUT2D eigenvalue weighted by Gasteiger charge is -2.11. The molecule has 0 fully saturated rings. The fourth-order valence-electron chi connectivity index (χ4n) is 2.73. The number of benzene rings is 2. The van der Waals surface area contributed by atoms with Crippen molar-refractivity contribution in [2.45, 2.75) is 20.8 Å². The van der Waals surface area contributed by atoms with Gasteiger partial charge in [0.15, 0.2) is 0 Å². The second kappa shape index (κ2) is 8.39. The molecule has 1 aromatic heterocycles. The smallest absolute Gasteiger partial charge is 0.272 e. The Bertz CT molecular complexity index is 1050. The topological polar surface area (TPSA) is 71.3 Å². The lowest BCUT2D eigenvalue weighted by Crippen LogP contribution is -2.30. The van der Waals surface area contributed by atoms with Crippen LogP contribution in [0.15, 0.2) is 70.8 Å². The van der Waals surface area contributed by atoms with E-state index in [-0.39, 0.29) is 11.6 Å². The molecule has 0 radical (unpaired) electrons. The molecule has 2 aromatic carbocycles. The minimum atomic E-state index is -0.430. The minimum Gasteiger partial charge on any atom is -0.462 e. The molecule has 0 atom stereocenters. The van der Waals surface area contributed by atoms with Crippen LogP contribution in [0.4, 0.5) is 5.69 Å². The van der Waals surface area contributed by atoms with Gasteiger partial charge in [-0.15, -0.1) is 0 Å². The molecule has 3 aromatic rings. The van der Waals surface area contributed by atoms with Crippen molar-refractivity contribution in [2.75, 3.05) is 5.32 Å². The number of nitrogens with one attached hydrogen (secondary N) is 2. The first-order valence-corrected chi connectivity index (χ1v) is 8.95. The van der Waals surface area contributed by atoms with Crippen LogP contribution in [-0.4, -0.2) is 11.8 Å². The first kappa shape index (κ1) is 19.2. The third-order valence-corrected chi connectivity index (χ3v) is 4.10. The van der Waals surface area contributed by atoms with Crippen molar-refractivity contribution in [1.29, 1.82) is 0 Å². The van der Waals surface area contributed by atoms with E-state index in [9.17, 15) is 9.59 Å². The van der Waals surface area contributed by atoms with Gasteiger partial charge in [-0.3, -0.25) is 9.59 Å². The normalized spacial score (nSPS) is 11.2. The van der Waals surface area contributed by atoms with Crippen LogP contribution in [0.3, 0.4) is 0 Å². The average Bonchev–Trinajstić information content (AvgIpc) is 3.06. The third kappa shape index (κ3) is 4.98. The monoisotopic (exact) mass is 374 g/mol. The highest BCUT2D eigenvalue weighted by atomic mass is 16.3. The van der Waals surface area contributed by atoms with Crippen molar-refractivity contribution in [3.05, 3.63) is 94.6 Å². The van der Waals surface area contributed by atoms with Crippen LogP contribution in [0.2, 0.25) is 0 Å². The van der Waals surface area contributed by atoms with Gasteiger partial charge in [-0.25, -0.2) is 0 Å². The van der Waals surface area contributed by atoms with Crippen molar-refractivity contribution in [3.8, 4) is 0 Å². The maximum absolute atomic E-state index is 12.8. The van der Waals surface area contributed by atoms with Gasteiger partial charge in [0.25, 0.3) is 11.8 Å². The second-order valence-corrected chi connectivity index (χ2v) is 6.65. The quantitative estimate of drug-likeness (QED) is 0.641. The number of furan rings is 1. The Morgan fingerprint density at radius 3 is 2.25 bits per heavy atom. The lowest BCUT2D eigenvalue weighted by molar-refractivity contribution is -0.113. The largest absolute Gasteiger partial charge is 0.462 e. The first-order chi connectivity index (χ1) is 13.4. The summed E-state index contributed by atoms with van der Waals surface area (Å²) in [5, 5.41) is 5.52. The van der Waals surface area contributed by atoms with Crippen molar-refractivity contribution < 1.29 is 14.0 Å². The summed E-state index contributed by atoms with van der Waals surface area (Å²) in [6.45, 7) is 5.66. The van der Waals surface area contributed by atoms with Crippen LogP contribution in [0, 0.1) is 20.8 Å². The minimum absolute atomic E-state index is 0.0994. The molecule has 0 aliphatic rings. The molecule has 5 heteroatoms. The summed E-state index contributed by atoms with van der Waals surface area (Å²) in [4.78, 5) is 25.5. The van der Waals surface area contributed by atoms with Crippen LogP contribution in [-0.2, 0) is 4.79 Å². The standard InChI is InChI=1S/C23H22N2O3/c1-15-6-4-8-18(12-15)22(26)25-21(14-20-11-10-17(3)28-20)23(27)24-19-9-5-7-16(2)13-19/h4-14H,1-3H3,(H,24,27)(H,25,26). The third-order valence-electron chi connectivity index (χ3n) is 4.10. The van der Waals surface area contributed by atoms with E-state index in [2.05, 4.69) is 10.6 Å². The molecule has 28 heavy (non-hydrogen) atoms. The number of anilines is 1. The van der Waals surface area contributed by atoms with Gasteiger partial charge in [-0.05, 0) is 62.7 Å². The summed E-state index contributed by atoms with van der Waals surface area (Å²) < 4.78 is 5.53. The molecule has 0 bridgehead atoms. The molecule has 0 saturated carbocycles. The van der Waals surface area contributed by atoms with E-state index in [1.807, 2.05) is 45.0 Å². The highest BCUT2D eigenvalue weighted by Crippen LogP contribution is 2.14. The number of carbonyl (C=O) groups excluding carboxylic acids is 2. The van der Waals surface area contributed by atoms with Gasteiger partial charge in [0.05, 0.1) is 0 Å². The van der Waals surface area contributed by atoms with E-state index in [0.29, 0.717) is 17.0 Å². The predicted octanol–water partition coefficient (Wildman–Crippen LogP) is 4.61. The van der Waals surface area contributed by atoms with E-state index < -0.39 is 5.91 Å². The fraction of sp³-hybridized carbons (Fsp3) is 0.130. The number of rotatable bonds is 5. The Morgan fingerprint density at radius 2 is 1.61 bits per heavy atom. The molecule has 1 heterocycles. The Labute approximate surface area is 164 Å². The summed E-state index contributed by atoms with van der Waals surface area (Å²) >= 11 is 0. The van der Waals surface area contributed by atoms with Gasteiger partial charge in [-0.1, -0.05) is 29.8 Å². The number of amides is 2. The fourth-order valence-corrected chi connectivity index (χ4v) is 2.73. The second-order valence-electron chi connectivity index (χ2n) is 6.65. The molecule has 0 saturated heterocycles. The first-order valence-electron chi connectivity index (χ1n) is 8.95. The number of hydrogen-bond acceptors (Lipinski definition) is 3. The maximum Gasteiger partial charge on any atom is 0.272 e. The average molecular weight is 374 g/mol. The van der Waals surface area contributed by atoms with E-state index >= 15 is 0 Å². The number of aryl methyl sites for hydroxylation is 3. The SMILES string of the molecule is Cc1cccc(NC(=O)C(=Cc2ccc(C)o2)NC(=O)c2cccc(C)c2)c1. The van der Waals surface area contributed by atoms with Crippen molar-refractivity contribution in [3.63, 3.8) is 0 Å². The van der Waals surface area contributed by atoms with Crippen molar-refractivity contribution in [2.24, 2.45) is 0 Å². The Morgan fingerprint density at radius 1 is 0.893 bits per heavy atom. The summed E-state index contributed by atoms with van der Waals surface area (Å²) in [6, 6.07) is 18.2. The zero-order valence-electron chi connectivity index (χ0n) is 16.1. The van der Waals surface area contributed by atoms with Crippen LogP contribution >= 0.6 is 0 Å². The lowest BCUT2D eigenvalue weighted by atomic mass is 10.1. The molecule has 2 amide bonds. The van der Waals surface area contributed by atoms with E-state index in [1.165, 1.54) is 6.08 Å². The summed E-state index contributed by atoms with van der Waals surface area (Å²) in [6.07, 6.45) is 1.52. The van der Waals surface area contributed by atoms with Gasteiger partial charge in [0.2, 0.25) is 0 Å². The summed E-state index contributed by atoms with van der Waals surface area (Å²) in [5.41, 5.74) is 3.21. The van der Waals surface area contributed by atoms with Gasteiger partial charge in [-0.2, -0.15) is 0 Å². The van der Waals surface area contributed by atoms with Crippen molar-refractivity contribution >= 4 is 23.6 Å². The highest BCUT2D eigenvalue weighted by molar-refractivity contribution is 6.10. The molecule has 0 spiro atoms. The molecule has 5 nitrogen and oxygen atoms in total. The molecule has 2 N–H and O–H groups in total. The molecule has 0 unspecified atom stereocenters. The zero-order valence-corrected chi connectivity index (χ0v) is 16.1.